The van der Waals surface area contributed by atoms with E-state index in [1.165, 1.54) is 0 Å². The minimum Gasteiger partial charge on any atom is -0.354 e. The SMILES string of the molecule is c1ccc2c[n+](-c3cnc4c[n+](-c5cnc6cnoc6c5)[nH]c4c3)ncc2c1. The van der Waals surface area contributed by atoms with E-state index in [1.807, 2.05) is 58.3 Å². The first-order valence-corrected chi connectivity index (χ1v) is 8.72. The van der Waals surface area contributed by atoms with Crippen LogP contribution in [0.3, 0.4) is 0 Å². The van der Waals surface area contributed by atoms with Crippen LogP contribution in [0.25, 0.3) is 44.3 Å². The van der Waals surface area contributed by atoms with Crippen molar-refractivity contribution in [3.63, 3.8) is 0 Å². The van der Waals surface area contributed by atoms with Crippen molar-refractivity contribution in [3.8, 4) is 11.4 Å². The topological polar surface area (TPSA) is 88.2 Å². The zero-order chi connectivity index (χ0) is 18.5. The summed E-state index contributed by atoms with van der Waals surface area (Å²) in [6.45, 7) is 0. The van der Waals surface area contributed by atoms with Crippen LogP contribution in [-0.2, 0) is 0 Å². The molecule has 5 aromatic heterocycles. The van der Waals surface area contributed by atoms with Crippen LogP contribution in [0.5, 0.6) is 0 Å². The molecule has 1 aromatic carbocycles. The van der Waals surface area contributed by atoms with Gasteiger partial charge in [-0.15, -0.1) is 0 Å². The lowest BCUT2D eigenvalue weighted by Gasteiger charge is -1.95. The molecule has 0 amide bonds. The van der Waals surface area contributed by atoms with Crippen molar-refractivity contribution in [1.82, 2.24) is 25.3 Å². The van der Waals surface area contributed by atoms with E-state index in [0.29, 0.717) is 5.58 Å². The summed E-state index contributed by atoms with van der Waals surface area (Å²) in [5.74, 6) is 0. The summed E-state index contributed by atoms with van der Waals surface area (Å²) in [6.07, 6.45) is 10.9. The molecule has 5 heterocycles. The highest BCUT2D eigenvalue weighted by Crippen LogP contribution is 2.15. The monoisotopic (exact) mass is 367 g/mol. The van der Waals surface area contributed by atoms with Crippen LogP contribution >= 0.6 is 0 Å². The molecule has 0 aliphatic rings. The Kier molecular flexibility index (Phi) is 3.01. The van der Waals surface area contributed by atoms with Crippen LogP contribution in [0.15, 0.2) is 78.1 Å². The average molecular weight is 367 g/mol. The minimum atomic E-state index is 0.633. The van der Waals surface area contributed by atoms with Crippen LogP contribution in [0.4, 0.5) is 0 Å². The van der Waals surface area contributed by atoms with Gasteiger partial charge in [0.15, 0.2) is 11.1 Å². The van der Waals surface area contributed by atoms with Gasteiger partial charge >= 0.3 is 0 Å². The summed E-state index contributed by atoms with van der Waals surface area (Å²) in [4.78, 5) is 8.92. The van der Waals surface area contributed by atoms with Gasteiger partial charge in [0.25, 0.3) is 11.4 Å². The molecule has 0 radical (unpaired) electrons. The molecule has 1 N–H and O–H groups in total. The van der Waals surface area contributed by atoms with E-state index < -0.39 is 0 Å². The van der Waals surface area contributed by atoms with Crippen molar-refractivity contribution in [2.45, 2.75) is 0 Å². The summed E-state index contributed by atoms with van der Waals surface area (Å²) in [6, 6.07) is 12.0. The molecule has 0 atom stereocenters. The van der Waals surface area contributed by atoms with Crippen LogP contribution in [0, 0.1) is 0 Å². The first kappa shape index (κ1) is 14.9. The van der Waals surface area contributed by atoms with Crippen LogP contribution in [-0.4, -0.2) is 25.3 Å². The lowest BCUT2D eigenvalue weighted by molar-refractivity contribution is -0.658. The maximum absolute atomic E-state index is 5.20. The molecule has 6 rings (SSSR count). The summed E-state index contributed by atoms with van der Waals surface area (Å²) in [7, 11) is 0. The highest BCUT2D eigenvalue weighted by Gasteiger charge is 2.18. The number of pyridine rings is 2. The molecular weight excluding hydrogens is 354 g/mol. The minimum absolute atomic E-state index is 0.633. The Labute approximate surface area is 157 Å². The molecule has 0 spiro atoms. The molecular formula is C20H13N7O+2. The third-order valence-electron chi connectivity index (χ3n) is 4.71. The zero-order valence-corrected chi connectivity index (χ0v) is 14.5. The second kappa shape index (κ2) is 5.65. The van der Waals surface area contributed by atoms with Gasteiger partial charge in [-0.3, -0.25) is 0 Å². The predicted molar refractivity (Wildman–Crippen MR) is 99.8 cm³/mol. The largest absolute Gasteiger partial charge is 0.354 e. The molecule has 0 unspecified atom stereocenters. The van der Waals surface area contributed by atoms with Gasteiger partial charge in [-0.25, -0.2) is 9.97 Å². The van der Waals surface area contributed by atoms with E-state index in [1.54, 1.807) is 18.6 Å². The number of aromatic amines is 1. The van der Waals surface area contributed by atoms with Crippen molar-refractivity contribution in [1.29, 1.82) is 0 Å². The molecule has 0 saturated carbocycles. The van der Waals surface area contributed by atoms with Gasteiger partial charge in [-0.05, 0) is 11.2 Å². The fourth-order valence-corrected chi connectivity index (χ4v) is 3.26. The van der Waals surface area contributed by atoms with Gasteiger partial charge in [0, 0.05) is 11.5 Å². The molecule has 0 saturated heterocycles. The number of nitrogens with one attached hydrogen (secondary N) is 1. The fraction of sp³-hybridized carbons (Fsp3) is 0. The second-order valence-electron chi connectivity index (χ2n) is 6.49. The number of H-pyrrole nitrogens is 1. The number of hydrogen-bond donors (Lipinski definition) is 1. The molecule has 0 fully saturated rings. The average Bonchev–Trinajstić information content (AvgIpc) is 3.39. The molecule has 0 aliphatic carbocycles. The number of nitrogens with zero attached hydrogens (tertiary/aromatic N) is 6. The van der Waals surface area contributed by atoms with E-state index in [0.717, 1.165) is 38.7 Å². The van der Waals surface area contributed by atoms with Crippen molar-refractivity contribution in [2.75, 3.05) is 0 Å². The van der Waals surface area contributed by atoms with Gasteiger partial charge in [0.2, 0.25) is 12.4 Å². The number of rotatable bonds is 2. The standard InChI is InChI=1S/C20H12N7O/c1-2-4-14-11-26(23-7-13(14)3-1)15-5-17-19(22-8-15)12-27(25-17)16-6-20-18(21-9-16)10-24-28-20/h1-12H/q+1/p+1. The predicted octanol–water partition coefficient (Wildman–Crippen LogP) is 2.20. The quantitative estimate of drug-likeness (QED) is 0.474. The second-order valence-corrected chi connectivity index (χ2v) is 6.49. The smallest absolute Gasteiger partial charge is 0.258 e. The molecule has 8 nitrogen and oxygen atoms in total. The van der Waals surface area contributed by atoms with Crippen LogP contribution in [0.2, 0.25) is 0 Å². The number of aromatic nitrogens is 7. The fourth-order valence-electron chi connectivity index (χ4n) is 3.26. The van der Waals surface area contributed by atoms with Gasteiger partial charge in [0.05, 0.1) is 17.6 Å². The Bertz CT molecular complexity index is 1480. The molecule has 132 valence electrons. The molecule has 0 bridgehead atoms. The van der Waals surface area contributed by atoms with Crippen molar-refractivity contribution < 1.29 is 13.9 Å². The number of benzene rings is 1. The van der Waals surface area contributed by atoms with E-state index in [9.17, 15) is 0 Å². The van der Waals surface area contributed by atoms with Gasteiger partial charge in [-0.2, -0.15) is 5.10 Å². The third-order valence-corrected chi connectivity index (χ3v) is 4.71. The molecule has 28 heavy (non-hydrogen) atoms. The number of fused-ring (bicyclic) bond motifs is 3. The number of hydrogen-bond acceptors (Lipinski definition) is 5. The van der Waals surface area contributed by atoms with Crippen LogP contribution < -0.4 is 9.36 Å². The molecule has 0 aliphatic heterocycles. The third kappa shape index (κ3) is 2.32. The lowest BCUT2D eigenvalue weighted by atomic mass is 10.2. The van der Waals surface area contributed by atoms with Crippen molar-refractivity contribution in [2.24, 2.45) is 0 Å². The maximum Gasteiger partial charge on any atom is 0.258 e. The first-order chi connectivity index (χ1) is 13.8. The first-order valence-electron chi connectivity index (χ1n) is 8.72. The van der Waals surface area contributed by atoms with Gasteiger partial charge in [-0.1, -0.05) is 32.7 Å². The molecule has 6 aromatic rings. The summed E-state index contributed by atoms with van der Waals surface area (Å²) in [5.41, 5.74) is 4.78. The summed E-state index contributed by atoms with van der Waals surface area (Å²) >= 11 is 0. The zero-order valence-electron chi connectivity index (χ0n) is 14.5. The highest BCUT2D eigenvalue weighted by molar-refractivity contribution is 5.80. The van der Waals surface area contributed by atoms with Crippen LogP contribution in [0.1, 0.15) is 0 Å². The normalized spacial score (nSPS) is 11.6. The maximum atomic E-state index is 5.20. The van der Waals surface area contributed by atoms with E-state index >= 15 is 0 Å². The lowest BCUT2D eigenvalue weighted by Crippen LogP contribution is -2.34. The van der Waals surface area contributed by atoms with Crippen molar-refractivity contribution >= 4 is 32.9 Å². The summed E-state index contributed by atoms with van der Waals surface area (Å²) in [5, 5.41) is 13.8. The van der Waals surface area contributed by atoms with E-state index in [4.69, 9.17) is 4.52 Å². The van der Waals surface area contributed by atoms with Gasteiger partial charge < -0.3 is 4.52 Å². The van der Waals surface area contributed by atoms with Gasteiger partial charge in [0.1, 0.15) is 29.6 Å². The van der Waals surface area contributed by atoms with E-state index in [-0.39, 0.29) is 0 Å². The highest BCUT2D eigenvalue weighted by atomic mass is 16.5. The Morgan fingerprint density at radius 1 is 0.821 bits per heavy atom. The molecule has 8 heteroatoms. The van der Waals surface area contributed by atoms with E-state index in [2.05, 4.69) is 31.4 Å². The summed E-state index contributed by atoms with van der Waals surface area (Å²) < 4.78 is 8.88. The van der Waals surface area contributed by atoms with Crippen molar-refractivity contribution in [3.05, 3.63) is 73.6 Å². The Morgan fingerprint density at radius 3 is 2.64 bits per heavy atom. The Hall–Kier alpha value is -4.20. The Balaban J connectivity index is 1.45. The Morgan fingerprint density at radius 2 is 1.68 bits per heavy atom.